The summed E-state index contributed by atoms with van der Waals surface area (Å²) in [7, 11) is 0. The summed E-state index contributed by atoms with van der Waals surface area (Å²) in [4.78, 5) is 26.3. The minimum atomic E-state index is -0.263. The van der Waals surface area contributed by atoms with Gasteiger partial charge in [0.15, 0.2) is 0 Å². The van der Waals surface area contributed by atoms with Gasteiger partial charge in [0.25, 0.3) is 0 Å². The number of carbonyl (C=O) groups excluding carboxylic acids is 1. The van der Waals surface area contributed by atoms with E-state index in [9.17, 15) is 4.79 Å². The molecule has 1 amide bonds. The van der Waals surface area contributed by atoms with Gasteiger partial charge in [-0.1, -0.05) is 13.8 Å². The molecule has 0 saturated carbocycles. The lowest BCUT2D eigenvalue weighted by Gasteiger charge is -2.34. The third-order valence-corrected chi connectivity index (χ3v) is 3.27. The molecule has 1 aliphatic rings. The van der Waals surface area contributed by atoms with Crippen LogP contribution >= 0.6 is 11.6 Å². The zero-order valence-electron chi connectivity index (χ0n) is 11.7. The molecule has 8 heteroatoms. The fourth-order valence-corrected chi connectivity index (χ4v) is 2.30. The molecule has 20 heavy (non-hydrogen) atoms. The van der Waals surface area contributed by atoms with Gasteiger partial charge >= 0.3 is 0 Å². The number of aromatic nitrogens is 3. The number of nitrogens with one attached hydrogen (secondary N) is 2. The summed E-state index contributed by atoms with van der Waals surface area (Å²) >= 11 is 5.95. The standard InChI is InChI=1S/C12H19ClN6O/c1-3-5-15-11-16-10(13)17-12(18-11)19-7-6-14-9(20)8(19)4-2/h8H,3-7H2,1-2H3,(H,14,20)(H,15,16,17,18). The topological polar surface area (TPSA) is 83.0 Å². The molecular formula is C12H19ClN6O. The van der Waals surface area contributed by atoms with Crippen LogP contribution in [0.4, 0.5) is 11.9 Å². The van der Waals surface area contributed by atoms with E-state index in [0.717, 1.165) is 13.0 Å². The van der Waals surface area contributed by atoms with Crippen LogP contribution < -0.4 is 15.5 Å². The first kappa shape index (κ1) is 14.8. The number of nitrogens with zero attached hydrogens (tertiary/aromatic N) is 4. The van der Waals surface area contributed by atoms with Gasteiger partial charge < -0.3 is 15.5 Å². The van der Waals surface area contributed by atoms with E-state index in [1.54, 1.807) is 0 Å². The van der Waals surface area contributed by atoms with Crippen molar-refractivity contribution in [1.82, 2.24) is 20.3 Å². The van der Waals surface area contributed by atoms with E-state index in [1.165, 1.54) is 0 Å². The minimum absolute atomic E-state index is 0.00153. The van der Waals surface area contributed by atoms with Crippen LogP contribution in [0.3, 0.4) is 0 Å². The van der Waals surface area contributed by atoms with Gasteiger partial charge in [-0.2, -0.15) is 15.0 Å². The van der Waals surface area contributed by atoms with Crippen molar-refractivity contribution in [2.75, 3.05) is 29.9 Å². The van der Waals surface area contributed by atoms with Crippen LogP contribution in [0.25, 0.3) is 0 Å². The van der Waals surface area contributed by atoms with Crippen LogP contribution in [0, 0.1) is 0 Å². The molecule has 1 fully saturated rings. The van der Waals surface area contributed by atoms with Crippen molar-refractivity contribution in [2.24, 2.45) is 0 Å². The highest BCUT2D eigenvalue weighted by molar-refractivity contribution is 6.28. The first-order valence-electron chi connectivity index (χ1n) is 6.85. The molecule has 0 aliphatic carbocycles. The van der Waals surface area contributed by atoms with Crippen LogP contribution in [-0.4, -0.2) is 46.5 Å². The third kappa shape index (κ3) is 3.27. The average Bonchev–Trinajstić information content (AvgIpc) is 2.44. The summed E-state index contributed by atoms with van der Waals surface area (Å²) in [6.07, 6.45) is 1.65. The van der Waals surface area contributed by atoms with Crippen molar-refractivity contribution in [3.05, 3.63) is 5.28 Å². The summed E-state index contributed by atoms with van der Waals surface area (Å²) in [6.45, 7) is 6.02. The van der Waals surface area contributed by atoms with Crippen molar-refractivity contribution < 1.29 is 4.79 Å². The zero-order valence-corrected chi connectivity index (χ0v) is 12.4. The van der Waals surface area contributed by atoms with Crippen molar-refractivity contribution in [3.63, 3.8) is 0 Å². The second kappa shape index (κ2) is 6.69. The van der Waals surface area contributed by atoms with Gasteiger partial charge in [-0.3, -0.25) is 4.79 Å². The molecule has 0 radical (unpaired) electrons. The Labute approximate surface area is 123 Å². The largest absolute Gasteiger partial charge is 0.354 e. The predicted octanol–water partition coefficient (Wildman–Crippen LogP) is 1.06. The Morgan fingerprint density at radius 3 is 2.90 bits per heavy atom. The quantitative estimate of drug-likeness (QED) is 0.846. The second-order valence-corrected chi connectivity index (χ2v) is 4.90. The smallest absolute Gasteiger partial charge is 0.242 e. The Hall–Kier alpha value is -1.63. The van der Waals surface area contributed by atoms with Gasteiger partial charge in [0.2, 0.25) is 23.1 Å². The van der Waals surface area contributed by atoms with Crippen molar-refractivity contribution in [3.8, 4) is 0 Å². The zero-order chi connectivity index (χ0) is 14.5. The highest BCUT2D eigenvalue weighted by Crippen LogP contribution is 2.19. The predicted molar refractivity (Wildman–Crippen MR) is 78.1 cm³/mol. The second-order valence-electron chi connectivity index (χ2n) is 4.56. The molecule has 0 spiro atoms. The van der Waals surface area contributed by atoms with E-state index >= 15 is 0 Å². The van der Waals surface area contributed by atoms with E-state index in [4.69, 9.17) is 11.6 Å². The van der Waals surface area contributed by atoms with Gasteiger partial charge in [0.05, 0.1) is 0 Å². The van der Waals surface area contributed by atoms with E-state index < -0.39 is 0 Å². The van der Waals surface area contributed by atoms with E-state index in [2.05, 4.69) is 32.5 Å². The molecule has 1 aromatic rings. The number of hydrogen-bond acceptors (Lipinski definition) is 6. The van der Waals surface area contributed by atoms with Crippen LogP contribution in [0.5, 0.6) is 0 Å². The molecule has 2 N–H and O–H groups in total. The number of anilines is 2. The third-order valence-electron chi connectivity index (χ3n) is 3.10. The van der Waals surface area contributed by atoms with Gasteiger partial charge in [0, 0.05) is 19.6 Å². The Bertz CT molecular complexity index is 483. The lowest BCUT2D eigenvalue weighted by Crippen LogP contribution is -2.55. The van der Waals surface area contributed by atoms with E-state index in [0.29, 0.717) is 31.4 Å². The lowest BCUT2D eigenvalue weighted by molar-refractivity contribution is -0.123. The molecule has 2 rings (SSSR count). The highest BCUT2D eigenvalue weighted by Gasteiger charge is 2.30. The van der Waals surface area contributed by atoms with Gasteiger partial charge in [-0.25, -0.2) is 0 Å². The number of piperazine rings is 1. The van der Waals surface area contributed by atoms with E-state index in [1.807, 2.05) is 11.8 Å². The lowest BCUT2D eigenvalue weighted by atomic mass is 10.1. The Morgan fingerprint density at radius 2 is 2.20 bits per heavy atom. The molecule has 1 saturated heterocycles. The van der Waals surface area contributed by atoms with Crippen LogP contribution in [0.15, 0.2) is 0 Å². The molecule has 1 unspecified atom stereocenters. The summed E-state index contributed by atoms with van der Waals surface area (Å²) in [6, 6.07) is -0.263. The first-order chi connectivity index (χ1) is 9.65. The van der Waals surface area contributed by atoms with Crippen LogP contribution in [0.2, 0.25) is 5.28 Å². The molecule has 1 atom stereocenters. The van der Waals surface area contributed by atoms with Crippen LogP contribution in [0.1, 0.15) is 26.7 Å². The number of rotatable bonds is 5. The maximum absolute atomic E-state index is 11.9. The van der Waals surface area contributed by atoms with Gasteiger partial charge in [-0.15, -0.1) is 0 Å². The van der Waals surface area contributed by atoms with Crippen molar-refractivity contribution in [1.29, 1.82) is 0 Å². The van der Waals surface area contributed by atoms with E-state index in [-0.39, 0.29) is 17.2 Å². The highest BCUT2D eigenvalue weighted by atomic mass is 35.5. The van der Waals surface area contributed by atoms with Crippen molar-refractivity contribution >= 4 is 29.4 Å². The molecule has 0 bridgehead atoms. The molecule has 1 aliphatic heterocycles. The van der Waals surface area contributed by atoms with Crippen molar-refractivity contribution in [2.45, 2.75) is 32.7 Å². The molecule has 1 aromatic heterocycles. The number of carbonyl (C=O) groups is 1. The molecule has 7 nitrogen and oxygen atoms in total. The molecule has 2 heterocycles. The van der Waals surface area contributed by atoms with Gasteiger partial charge in [-0.05, 0) is 24.4 Å². The summed E-state index contributed by atoms with van der Waals surface area (Å²) < 4.78 is 0. The Kier molecular flexibility index (Phi) is 4.94. The molecule has 110 valence electrons. The normalized spacial score (nSPS) is 18.9. The average molecular weight is 299 g/mol. The SMILES string of the molecule is CCCNc1nc(Cl)nc(N2CCNC(=O)C2CC)n1. The summed E-state index contributed by atoms with van der Waals surface area (Å²) in [5, 5.41) is 6.06. The molecular weight excluding hydrogens is 280 g/mol. The Balaban J connectivity index is 2.25. The maximum atomic E-state index is 11.9. The summed E-state index contributed by atoms with van der Waals surface area (Å²) in [5.41, 5.74) is 0. The van der Waals surface area contributed by atoms with Gasteiger partial charge in [0.1, 0.15) is 6.04 Å². The summed E-state index contributed by atoms with van der Waals surface area (Å²) in [5.74, 6) is 0.895. The maximum Gasteiger partial charge on any atom is 0.242 e. The minimum Gasteiger partial charge on any atom is -0.354 e. The van der Waals surface area contributed by atoms with Crippen LogP contribution in [-0.2, 0) is 4.79 Å². The number of halogens is 1. The number of amides is 1. The monoisotopic (exact) mass is 298 g/mol. The fraction of sp³-hybridized carbons (Fsp3) is 0.667. The fourth-order valence-electron chi connectivity index (χ4n) is 2.14. The number of hydrogen-bond donors (Lipinski definition) is 2. The Morgan fingerprint density at radius 1 is 1.40 bits per heavy atom. The molecule has 0 aromatic carbocycles. The first-order valence-corrected chi connectivity index (χ1v) is 7.23.